The molecular formula is C13H21N3O4. The lowest BCUT2D eigenvalue weighted by Gasteiger charge is -2.42. The van der Waals surface area contributed by atoms with Gasteiger partial charge >= 0.3 is 12.0 Å². The number of likely N-dealkylation sites (tertiary alicyclic amines) is 1. The Morgan fingerprint density at radius 2 is 2.00 bits per heavy atom. The van der Waals surface area contributed by atoms with E-state index in [2.05, 4.69) is 5.32 Å². The minimum Gasteiger partial charge on any atom is -0.481 e. The quantitative estimate of drug-likeness (QED) is 0.707. The summed E-state index contributed by atoms with van der Waals surface area (Å²) in [5.41, 5.74) is -0.903. The Hall–Kier alpha value is -1.79. The highest BCUT2D eigenvalue weighted by Gasteiger charge is 2.45. The molecule has 2 aliphatic heterocycles. The lowest BCUT2D eigenvalue weighted by molar-refractivity contribution is -0.142. The number of hydrogen-bond acceptors (Lipinski definition) is 3. The molecule has 0 spiro atoms. The van der Waals surface area contributed by atoms with Gasteiger partial charge in [0.15, 0.2) is 0 Å². The van der Waals surface area contributed by atoms with Gasteiger partial charge in [0, 0.05) is 26.2 Å². The molecule has 2 rings (SSSR count). The molecule has 2 fully saturated rings. The monoisotopic (exact) mass is 283 g/mol. The third-order valence-electron chi connectivity index (χ3n) is 4.28. The van der Waals surface area contributed by atoms with Crippen molar-refractivity contribution < 1.29 is 19.5 Å². The predicted octanol–water partition coefficient (Wildman–Crippen LogP) is -0.0307. The molecule has 7 heteroatoms. The summed E-state index contributed by atoms with van der Waals surface area (Å²) in [6.07, 6.45) is 0. The van der Waals surface area contributed by atoms with Crippen LogP contribution < -0.4 is 5.32 Å². The standard InChI is InChI=1S/C13H21N3O4/c1-8-6-15(7-9(8)10(17)18)12(20)16-5-4-14-11(19)13(16,2)3/h8-9H,4-7H2,1-3H3,(H,14,19)(H,17,18)/t8-,9-/m1/s1. The first-order chi connectivity index (χ1) is 9.25. The van der Waals surface area contributed by atoms with Gasteiger partial charge in [0.05, 0.1) is 5.92 Å². The van der Waals surface area contributed by atoms with Crippen LogP contribution in [-0.2, 0) is 9.59 Å². The highest BCUT2D eigenvalue weighted by atomic mass is 16.4. The van der Waals surface area contributed by atoms with E-state index in [-0.39, 0.29) is 24.4 Å². The maximum atomic E-state index is 12.6. The summed E-state index contributed by atoms with van der Waals surface area (Å²) in [6, 6.07) is -0.250. The maximum Gasteiger partial charge on any atom is 0.320 e. The van der Waals surface area contributed by atoms with Crippen molar-refractivity contribution >= 4 is 17.9 Å². The van der Waals surface area contributed by atoms with E-state index in [1.165, 1.54) is 4.90 Å². The average molecular weight is 283 g/mol. The molecule has 0 radical (unpaired) electrons. The van der Waals surface area contributed by atoms with Crippen molar-refractivity contribution in [1.29, 1.82) is 0 Å². The molecular weight excluding hydrogens is 262 g/mol. The second-order valence-electron chi connectivity index (χ2n) is 6.08. The van der Waals surface area contributed by atoms with Crippen molar-refractivity contribution in [2.24, 2.45) is 11.8 Å². The van der Waals surface area contributed by atoms with Crippen molar-refractivity contribution in [2.75, 3.05) is 26.2 Å². The predicted molar refractivity (Wildman–Crippen MR) is 71.1 cm³/mol. The Morgan fingerprint density at radius 1 is 1.35 bits per heavy atom. The molecule has 20 heavy (non-hydrogen) atoms. The number of amides is 3. The van der Waals surface area contributed by atoms with Crippen molar-refractivity contribution in [3.05, 3.63) is 0 Å². The number of carboxylic acids is 1. The second-order valence-corrected chi connectivity index (χ2v) is 6.08. The van der Waals surface area contributed by atoms with E-state index in [0.29, 0.717) is 19.6 Å². The summed E-state index contributed by atoms with van der Waals surface area (Å²) in [5, 5.41) is 11.9. The van der Waals surface area contributed by atoms with E-state index >= 15 is 0 Å². The van der Waals surface area contributed by atoms with Gasteiger partial charge in [0.2, 0.25) is 5.91 Å². The van der Waals surface area contributed by atoms with Gasteiger partial charge in [0.1, 0.15) is 5.54 Å². The number of carboxylic acid groups (broad SMARTS) is 1. The van der Waals surface area contributed by atoms with E-state index in [1.807, 2.05) is 6.92 Å². The minimum absolute atomic E-state index is 0.0711. The van der Waals surface area contributed by atoms with Gasteiger partial charge in [-0.15, -0.1) is 0 Å². The number of carbonyl (C=O) groups is 3. The third kappa shape index (κ3) is 2.32. The van der Waals surface area contributed by atoms with E-state index in [9.17, 15) is 14.4 Å². The summed E-state index contributed by atoms with van der Waals surface area (Å²) >= 11 is 0. The van der Waals surface area contributed by atoms with Crippen LogP contribution in [0.1, 0.15) is 20.8 Å². The number of urea groups is 1. The SMILES string of the molecule is C[C@@H]1CN(C(=O)N2CCNC(=O)C2(C)C)C[C@H]1C(=O)O. The fourth-order valence-electron chi connectivity index (χ4n) is 2.85. The highest BCUT2D eigenvalue weighted by Crippen LogP contribution is 2.27. The van der Waals surface area contributed by atoms with Crippen molar-refractivity contribution in [3.8, 4) is 0 Å². The van der Waals surface area contributed by atoms with Crippen molar-refractivity contribution in [3.63, 3.8) is 0 Å². The molecule has 0 aliphatic carbocycles. The number of hydrogen-bond donors (Lipinski definition) is 2. The van der Waals surface area contributed by atoms with Crippen LogP contribution in [-0.4, -0.2) is 64.5 Å². The zero-order chi connectivity index (χ0) is 15.1. The molecule has 0 aromatic carbocycles. The van der Waals surface area contributed by atoms with Gasteiger partial charge in [-0.2, -0.15) is 0 Å². The Labute approximate surface area is 117 Å². The zero-order valence-electron chi connectivity index (χ0n) is 12.0. The summed E-state index contributed by atoms with van der Waals surface area (Å²) in [5.74, 6) is -1.65. The number of nitrogens with zero attached hydrogens (tertiary/aromatic N) is 2. The van der Waals surface area contributed by atoms with E-state index in [1.54, 1.807) is 18.7 Å². The van der Waals surface area contributed by atoms with Gasteiger partial charge in [0.25, 0.3) is 0 Å². The maximum absolute atomic E-state index is 12.6. The van der Waals surface area contributed by atoms with Crippen LogP contribution in [0, 0.1) is 11.8 Å². The number of carbonyl (C=O) groups excluding carboxylic acids is 2. The molecule has 2 aliphatic rings. The largest absolute Gasteiger partial charge is 0.481 e. The molecule has 7 nitrogen and oxygen atoms in total. The first kappa shape index (κ1) is 14.6. The van der Waals surface area contributed by atoms with Gasteiger partial charge in [-0.1, -0.05) is 6.92 Å². The van der Waals surface area contributed by atoms with Crippen molar-refractivity contribution in [2.45, 2.75) is 26.3 Å². The van der Waals surface area contributed by atoms with Gasteiger partial charge in [-0.3, -0.25) is 9.59 Å². The molecule has 2 saturated heterocycles. The Kier molecular flexibility index (Phi) is 3.62. The van der Waals surface area contributed by atoms with Gasteiger partial charge in [-0.25, -0.2) is 4.79 Å². The first-order valence-electron chi connectivity index (χ1n) is 6.82. The molecule has 0 bridgehead atoms. The molecule has 0 aromatic heterocycles. The Bertz CT molecular complexity index is 449. The van der Waals surface area contributed by atoms with Crippen molar-refractivity contribution in [1.82, 2.24) is 15.1 Å². The zero-order valence-corrected chi connectivity index (χ0v) is 12.0. The van der Waals surface area contributed by atoms with E-state index in [0.717, 1.165) is 0 Å². The fraction of sp³-hybridized carbons (Fsp3) is 0.769. The number of rotatable bonds is 1. The van der Waals surface area contributed by atoms with E-state index in [4.69, 9.17) is 5.11 Å². The molecule has 2 heterocycles. The lowest BCUT2D eigenvalue weighted by atomic mass is 9.99. The highest BCUT2D eigenvalue weighted by molar-refractivity contribution is 5.91. The first-order valence-corrected chi connectivity index (χ1v) is 6.82. The molecule has 112 valence electrons. The molecule has 2 atom stereocenters. The van der Waals surface area contributed by atoms with Crippen LogP contribution in [0.15, 0.2) is 0 Å². The number of aliphatic carboxylic acids is 1. The van der Waals surface area contributed by atoms with Crippen LogP contribution in [0.25, 0.3) is 0 Å². The molecule has 2 N–H and O–H groups in total. The van der Waals surface area contributed by atoms with Crippen LogP contribution in [0.2, 0.25) is 0 Å². The molecule has 0 aromatic rings. The minimum atomic E-state index is -0.903. The normalized spacial score (nSPS) is 29.2. The average Bonchev–Trinajstić information content (AvgIpc) is 2.74. The Morgan fingerprint density at radius 3 is 2.55 bits per heavy atom. The van der Waals surface area contributed by atoms with Crippen LogP contribution >= 0.6 is 0 Å². The van der Waals surface area contributed by atoms with E-state index < -0.39 is 17.4 Å². The summed E-state index contributed by atoms with van der Waals surface area (Å²) in [6.45, 7) is 6.74. The summed E-state index contributed by atoms with van der Waals surface area (Å²) in [4.78, 5) is 38.6. The summed E-state index contributed by atoms with van der Waals surface area (Å²) < 4.78 is 0. The molecule has 0 saturated carbocycles. The fourth-order valence-corrected chi connectivity index (χ4v) is 2.85. The topological polar surface area (TPSA) is 90.0 Å². The Balaban J connectivity index is 2.12. The lowest BCUT2D eigenvalue weighted by Crippen LogP contribution is -2.65. The number of piperazine rings is 1. The second kappa shape index (κ2) is 4.96. The third-order valence-corrected chi connectivity index (χ3v) is 4.28. The smallest absolute Gasteiger partial charge is 0.320 e. The van der Waals surface area contributed by atoms with Crippen LogP contribution in [0.5, 0.6) is 0 Å². The summed E-state index contributed by atoms with van der Waals surface area (Å²) in [7, 11) is 0. The van der Waals surface area contributed by atoms with Gasteiger partial charge in [-0.05, 0) is 19.8 Å². The van der Waals surface area contributed by atoms with Crippen LogP contribution in [0.4, 0.5) is 4.79 Å². The molecule has 0 unspecified atom stereocenters. The molecule has 3 amide bonds. The van der Waals surface area contributed by atoms with Crippen LogP contribution in [0.3, 0.4) is 0 Å². The number of nitrogens with one attached hydrogen (secondary N) is 1. The van der Waals surface area contributed by atoms with Gasteiger partial charge < -0.3 is 20.2 Å².